The van der Waals surface area contributed by atoms with Crippen LogP contribution in [-0.2, 0) is 4.79 Å². The van der Waals surface area contributed by atoms with Crippen LogP contribution in [0.5, 0.6) is 0 Å². The SMILES string of the molecule is CC(O)CNC(=O)CCNC(=O)c1ccc2ccccc2c1. The molecule has 0 spiro atoms. The summed E-state index contributed by atoms with van der Waals surface area (Å²) in [5.41, 5.74) is 0.572. The Balaban J connectivity index is 1.85. The van der Waals surface area contributed by atoms with Crippen molar-refractivity contribution < 1.29 is 14.7 Å². The third kappa shape index (κ3) is 4.56. The van der Waals surface area contributed by atoms with Gasteiger partial charge in [0, 0.05) is 25.1 Å². The lowest BCUT2D eigenvalue weighted by Gasteiger charge is -2.08. The maximum atomic E-state index is 12.1. The summed E-state index contributed by atoms with van der Waals surface area (Å²) in [6.07, 6.45) is -0.386. The highest BCUT2D eigenvalue weighted by molar-refractivity contribution is 5.98. The van der Waals surface area contributed by atoms with Gasteiger partial charge < -0.3 is 15.7 Å². The molecule has 2 rings (SSSR count). The minimum atomic E-state index is -0.573. The molecule has 0 saturated carbocycles. The van der Waals surface area contributed by atoms with Crippen LogP contribution in [0.15, 0.2) is 42.5 Å². The average molecular weight is 300 g/mol. The van der Waals surface area contributed by atoms with Gasteiger partial charge in [-0.05, 0) is 29.8 Å². The van der Waals surface area contributed by atoms with E-state index < -0.39 is 6.10 Å². The lowest BCUT2D eigenvalue weighted by molar-refractivity contribution is -0.121. The predicted octanol–water partition coefficient (Wildman–Crippen LogP) is 1.46. The topological polar surface area (TPSA) is 78.4 Å². The van der Waals surface area contributed by atoms with E-state index in [2.05, 4.69) is 10.6 Å². The molecule has 0 aliphatic rings. The third-order valence-corrected chi connectivity index (χ3v) is 3.24. The molecule has 5 heteroatoms. The summed E-state index contributed by atoms with van der Waals surface area (Å²) in [5, 5.41) is 16.4. The number of hydrogen-bond donors (Lipinski definition) is 3. The van der Waals surface area contributed by atoms with Gasteiger partial charge >= 0.3 is 0 Å². The van der Waals surface area contributed by atoms with Crippen molar-refractivity contribution in [2.75, 3.05) is 13.1 Å². The number of hydrogen-bond acceptors (Lipinski definition) is 3. The molecule has 0 aliphatic carbocycles. The lowest BCUT2D eigenvalue weighted by Crippen LogP contribution is -2.34. The van der Waals surface area contributed by atoms with E-state index in [-0.39, 0.29) is 31.3 Å². The summed E-state index contributed by atoms with van der Waals surface area (Å²) in [6, 6.07) is 13.3. The molecule has 1 unspecified atom stereocenters. The van der Waals surface area contributed by atoms with Gasteiger partial charge in [-0.2, -0.15) is 0 Å². The van der Waals surface area contributed by atoms with E-state index >= 15 is 0 Å². The molecule has 0 saturated heterocycles. The van der Waals surface area contributed by atoms with Crippen LogP contribution in [-0.4, -0.2) is 36.1 Å². The Hall–Kier alpha value is -2.40. The molecule has 22 heavy (non-hydrogen) atoms. The minimum Gasteiger partial charge on any atom is -0.392 e. The highest BCUT2D eigenvalue weighted by Crippen LogP contribution is 2.15. The van der Waals surface area contributed by atoms with Gasteiger partial charge in [-0.25, -0.2) is 0 Å². The number of nitrogens with one attached hydrogen (secondary N) is 2. The van der Waals surface area contributed by atoms with Crippen molar-refractivity contribution in [3.63, 3.8) is 0 Å². The highest BCUT2D eigenvalue weighted by atomic mass is 16.3. The van der Waals surface area contributed by atoms with E-state index in [0.29, 0.717) is 5.56 Å². The van der Waals surface area contributed by atoms with Crippen LogP contribution in [0.2, 0.25) is 0 Å². The van der Waals surface area contributed by atoms with Crippen LogP contribution >= 0.6 is 0 Å². The van der Waals surface area contributed by atoms with Crippen LogP contribution < -0.4 is 10.6 Å². The van der Waals surface area contributed by atoms with Gasteiger partial charge in [0.2, 0.25) is 5.91 Å². The number of aliphatic hydroxyl groups excluding tert-OH is 1. The summed E-state index contributed by atoms with van der Waals surface area (Å²) in [5.74, 6) is -0.395. The molecule has 2 aromatic carbocycles. The van der Waals surface area contributed by atoms with Gasteiger partial charge in [-0.15, -0.1) is 0 Å². The number of benzene rings is 2. The van der Waals surface area contributed by atoms with Gasteiger partial charge in [0.25, 0.3) is 5.91 Å². The molecule has 2 aromatic rings. The van der Waals surface area contributed by atoms with Crippen molar-refractivity contribution in [3.8, 4) is 0 Å². The second-order valence-corrected chi connectivity index (χ2v) is 5.22. The van der Waals surface area contributed by atoms with Crippen LogP contribution in [0, 0.1) is 0 Å². The number of carbonyl (C=O) groups is 2. The van der Waals surface area contributed by atoms with Gasteiger partial charge in [0.05, 0.1) is 6.10 Å². The Kier molecular flexibility index (Phi) is 5.49. The van der Waals surface area contributed by atoms with Gasteiger partial charge in [-0.1, -0.05) is 30.3 Å². The fourth-order valence-electron chi connectivity index (χ4n) is 2.07. The number of fused-ring (bicyclic) bond motifs is 1. The quantitative estimate of drug-likeness (QED) is 0.755. The van der Waals surface area contributed by atoms with Gasteiger partial charge in [0.15, 0.2) is 0 Å². The van der Waals surface area contributed by atoms with E-state index in [1.165, 1.54) is 0 Å². The van der Waals surface area contributed by atoms with E-state index in [1.807, 2.05) is 36.4 Å². The zero-order chi connectivity index (χ0) is 15.9. The molecule has 1 atom stereocenters. The molecule has 0 bridgehead atoms. The van der Waals surface area contributed by atoms with E-state index in [1.54, 1.807) is 13.0 Å². The normalized spacial score (nSPS) is 11.9. The summed E-state index contributed by atoms with van der Waals surface area (Å²) in [6.45, 7) is 2.08. The second-order valence-electron chi connectivity index (χ2n) is 5.22. The van der Waals surface area contributed by atoms with Gasteiger partial charge in [0.1, 0.15) is 0 Å². The number of carbonyl (C=O) groups excluding carboxylic acids is 2. The molecule has 0 radical (unpaired) electrons. The smallest absolute Gasteiger partial charge is 0.251 e. The Labute approximate surface area is 129 Å². The fourth-order valence-corrected chi connectivity index (χ4v) is 2.07. The Bertz CT molecular complexity index is 668. The summed E-state index contributed by atoms with van der Waals surface area (Å²) < 4.78 is 0. The third-order valence-electron chi connectivity index (χ3n) is 3.24. The van der Waals surface area contributed by atoms with Crippen molar-refractivity contribution in [3.05, 3.63) is 48.0 Å². The van der Waals surface area contributed by atoms with E-state index in [4.69, 9.17) is 5.11 Å². The average Bonchev–Trinajstić information content (AvgIpc) is 2.52. The van der Waals surface area contributed by atoms with Crippen LogP contribution in [0.1, 0.15) is 23.7 Å². The Morgan fingerprint density at radius 1 is 1.09 bits per heavy atom. The van der Waals surface area contributed by atoms with Crippen LogP contribution in [0.3, 0.4) is 0 Å². The van der Waals surface area contributed by atoms with Crippen molar-refractivity contribution in [2.45, 2.75) is 19.4 Å². The van der Waals surface area contributed by atoms with E-state index in [0.717, 1.165) is 10.8 Å². The molecule has 0 heterocycles. The predicted molar refractivity (Wildman–Crippen MR) is 85.6 cm³/mol. The molecule has 5 nitrogen and oxygen atoms in total. The molecule has 2 amide bonds. The second kappa shape index (κ2) is 7.56. The molecular weight excluding hydrogens is 280 g/mol. The largest absolute Gasteiger partial charge is 0.392 e. The van der Waals surface area contributed by atoms with Crippen molar-refractivity contribution in [2.24, 2.45) is 0 Å². The molecular formula is C17H20N2O3. The first-order valence-electron chi connectivity index (χ1n) is 7.28. The first-order chi connectivity index (χ1) is 10.6. The standard InChI is InChI=1S/C17H20N2O3/c1-12(20)11-19-16(21)8-9-18-17(22)15-7-6-13-4-2-3-5-14(13)10-15/h2-7,10,12,20H,8-9,11H2,1H3,(H,18,22)(H,19,21). The van der Waals surface area contributed by atoms with Crippen LogP contribution in [0.25, 0.3) is 10.8 Å². The monoisotopic (exact) mass is 300 g/mol. The summed E-state index contributed by atoms with van der Waals surface area (Å²) >= 11 is 0. The minimum absolute atomic E-state index is 0.187. The van der Waals surface area contributed by atoms with Crippen molar-refractivity contribution >= 4 is 22.6 Å². The maximum Gasteiger partial charge on any atom is 0.251 e. The summed E-state index contributed by atoms with van der Waals surface area (Å²) in [7, 11) is 0. The zero-order valence-corrected chi connectivity index (χ0v) is 12.5. The fraction of sp³-hybridized carbons (Fsp3) is 0.294. The Morgan fingerprint density at radius 3 is 2.55 bits per heavy atom. The molecule has 0 aliphatic heterocycles. The first kappa shape index (κ1) is 16.0. The lowest BCUT2D eigenvalue weighted by atomic mass is 10.1. The van der Waals surface area contributed by atoms with Gasteiger partial charge in [-0.3, -0.25) is 9.59 Å². The molecule has 0 aromatic heterocycles. The molecule has 116 valence electrons. The summed E-state index contributed by atoms with van der Waals surface area (Å²) in [4.78, 5) is 23.5. The Morgan fingerprint density at radius 2 is 1.82 bits per heavy atom. The number of aliphatic hydroxyl groups is 1. The number of amides is 2. The molecule has 3 N–H and O–H groups in total. The van der Waals surface area contributed by atoms with Crippen molar-refractivity contribution in [1.29, 1.82) is 0 Å². The van der Waals surface area contributed by atoms with Crippen molar-refractivity contribution in [1.82, 2.24) is 10.6 Å². The zero-order valence-electron chi connectivity index (χ0n) is 12.5. The van der Waals surface area contributed by atoms with Crippen LogP contribution in [0.4, 0.5) is 0 Å². The number of rotatable bonds is 6. The highest BCUT2D eigenvalue weighted by Gasteiger charge is 2.07. The first-order valence-corrected chi connectivity index (χ1v) is 7.28. The maximum absolute atomic E-state index is 12.1. The molecule has 0 fully saturated rings. The van der Waals surface area contributed by atoms with E-state index in [9.17, 15) is 9.59 Å².